The first-order valence-electron chi connectivity index (χ1n) is 8.32. The van der Waals surface area contributed by atoms with Crippen LogP contribution in [-0.4, -0.2) is 44.7 Å². The zero-order valence-corrected chi connectivity index (χ0v) is 13.7. The highest BCUT2D eigenvalue weighted by molar-refractivity contribution is 5.61. The highest BCUT2D eigenvalue weighted by Gasteiger charge is 2.24. The molecule has 0 aromatic carbocycles. The van der Waals surface area contributed by atoms with Crippen molar-refractivity contribution in [1.29, 1.82) is 0 Å². The molecule has 3 aromatic rings. The number of aromatic nitrogens is 4. The molecule has 2 atom stereocenters. The Bertz CT molecular complexity index is 912. The van der Waals surface area contributed by atoms with Crippen LogP contribution in [0.15, 0.2) is 36.8 Å². The van der Waals surface area contributed by atoms with Crippen LogP contribution in [0, 0.1) is 0 Å². The largest absolute Gasteiger partial charge is 0.364 e. The maximum absolute atomic E-state index is 14.0. The molecule has 26 heavy (non-hydrogen) atoms. The van der Waals surface area contributed by atoms with Gasteiger partial charge in [-0.2, -0.15) is 0 Å². The number of hydrogen-bond acceptors (Lipinski definition) is 5. The summed E-state index contributed by atoms with van der Waals surface area (Å²) in [7, 11) is 0. The first-order valence-corrected chi connectivity index (χ1v) is 8.32. The lowest BCUT2D eigenvalue weighted by Gasteiger charge is -2.27. The van der Waals surface area contributed by atoms with Gasteiger partial charge in [-0.15, -0.1) is 0 Å². The van der Waals surface area contributed by atoms with E-state index in [1.165, 1.54) is 16.8 Å². The number of piperidine rings is 1. The molecule has 9 heteroatoms. The summed E-state index contributed by atoms with van der Waals surface area (Å²) in [5.74, 6) is 0.537. The minimum Gasteiger partial charge on any atom is -0.364 e. The smallest absolute Gasteiger partial charge is 0.281 e. The molecule has 0 radical (unpaired) electrons. The Labute approximate surface area is 147 Å². The predicted octanol–water partition coefficient (Wildman–Crippen LogP) is 2.84. The first-order chi connectivity index (χ1) is 12.6. The normalized spacial score (nSPS) is 20.6. The Morgan fingerprint density at radius 1 is 1.23 bits per heavy atom. The maximum atomic E-state index is 14.0. The second-order valence-electron chi connectivity index (χ2n) is 6.15. The van der Waals surface area contributed by atoms with Gasteiger partial charge in [0, 0.05) is 12.7 Å². The molecule has 6 nitrogen and oxygen atoms in total. The van der Waals surface area contributed by atoms with Gasteiger partial charge in [0.05, 0.1) is 29.8 Å². The number of pyridine rings is 1. The number of halogens is 3. The molecule has 0 aliphatic carbocycles. The van der Waals surface area contributed by atoms with Gasteiger partial charge in [-0.05, 0) is 25.1 Å². The molecule has 4 heterocycles. The van der Waals surface area contributed by atoms with Crippen LogP contribution in [0.3, 0.4) is 0 Å². The van der Waals surface area contributed by atoms with E-state index in [-0.39, 0.29) is 11.7 Å². The van der Waals surface area contributed by atoms with Crippen molar-refractivity contribution in [2.24, 2.45) is 0 Å². The Hall–Kier alpha value is -2.68. The second kappa shape index (κ2) is 6.91. The van der Waals surface area contributed by atoms with Crippen molar-refractivity contribution in [2.75, 3.05) is 18.4 Å². The third kappa shape index (κ3) is 3.22. The SMILES string of the molecule is FC(F)c1cn2c(-c3cccc(N[C@H]4CCNC[C@@H]4F)n3)cnc2cn1. The molecule has 136 valence electrons. The molecule has 1 aliphatic heterocycles. The Morgan fingerprint density at radius 2 is 2.12 bits per heavy atom. The van der Waals surface area contributed by atoms with E-state index in [1.54, 1.807) is 24.4 Å². The number of nitrogens with zero attached hydrogens (tertiary/aromatic N) is 4. The Morgan fingerprint density at radius 3 is 2.92 bits per heavy atom. The first kappa shape index (κ1) is 16.8. The minimum atomic E-state index is -2.67. The lowest BCUT2D eigenvalue weighted by Crippen LogP contribution is -2.45. The van der Waals surface area contributed by atoms with E-state index in [0.717, 1.165) is 6.54 Å². The fourth-order valence-corrected chi connectivity index (χ4v) is 3.04. The van der Waals surface area contributed by atoms with Crippen LogP contribution in [0.1, 0.15) is 18.5 Å². The van der Waals surface area contributed by atoms with Crippen LogP contribution in [0.25, 0.3) is 17.0 Å². The standard InChI is InChI=1S/C17H17F3N6/c18-10-6-21-5-4-11(10)24-15-3-1-2-12(25-15)14-7-23-16-8-22-13(17(19)20)9-26(14)16/h1-3,7-11,17,21H,4-6H2,(H,24,25)/t10-,11-/m0/s1. The molecule has 0 saturated carbocycles. The second-order valence-corrected chi connectivity index (χ2v) is 6.15. The molecule has 1 saturated heterocycles. The van der Waals surface area contributed by atoms with Gasteiger partial charge in [0.2, 0.25) is 0 Å². The zero-order valence-electron chi connectivity index (χ0n) is 13.7. The third-order valence-corrected chi connectivity index (χ3v) is 4.39. The number of anilines is 1. The van der Waals surface area contributed by atoms with Crippen LogP contribution in [-0.2, 0) is 0 Å². The van der Waals surface area contributed by atoms with Crippen molar-refractivity contribution >= 4 is 11.5 Å². The van der Waals surface area contributed by atoms with E-state index in [0.29, 0.717) is 35.8 Å². The van der Waals surface area contributed by atoms with Crippen molar-refractivity contribution in [3.8, 4) is 11.4 Å². The van der Waals surface area contributed by atoms with Crippen LogP contribution in [0.4, 0.5) is 19.0 Å². The zero-order chi connectivity index (χ0) is 18.1. The summed E-state index contributed by atoms with van der Waals surface area (Å²) in [6, 6.07) is 4.99. The highest BCUT2D eigenvalue weighted by Crippen LogP contribution is 2.24. The van der Waals surface area contributed by atoms with Crippen molar-refractivity contribution in [3.63, 3.8) is 0 Å². The lowest BCUT2D eigenvalue weighted by atomic mass is 10.1. The molecule has 0 unspecified atom stereocenters. The number of fused-ring (bicyclic) bond motifs is 1. The van der Waals surface area contributed by atoms with E-state index in [4.69, 9.17) is 0 Å². The van der Waals surface area contributed by atoms with E-state index >= 15 is 0 Å². The van der Waals surface area contributed by atoms with E-state index < -0.39 is 12.6 Å². The van der Waals surface area contributed by atoms with E-state index in [9.17, 15) is 13.2 Å². The minimum absolute atomic E-state index is 0.309. The van der Waals surface area contributed by atoms with Crippen LogP contribution in [0.5, 0.6) is 0 Å². The quantitative estimate of drug-likeness (QED) is 0.747. The fraction of sp³-hybridized carbons (Fsp3) is 0.353. The number of alkyl halides is 3. The summed E-state index contributed by atoms with van der Waals surface area (Å²) in [6.07, 6.45) is 1.11. The maximum Gasteiger partial charge on any atom is 0.281 e. The topological polar surface area (TPSA) is 67.1 Å². The highest BCUT2D eigenvalue weighted by atomic mass is 19.3. The van der Waals surface area contributed by atoms with E-state index in [1.807, 2.05) is 0 Å². The fourth-order valence-electron chi connectivity index (χ4n) is 3.04. The summed E-state index contributed by atoms with van der Waals surface area (Å²) in [5.41, 5.74) is 1.24. The van der Waals surface area contributed by atoms with Gasteiger partial charge in [0.25, 0.3) is 6.43 Å². The average Bonchev–Trinajstić information content (AvgIpc) is 3.07. The predicted molar refractivity (Wildman–Crippen MR) is 91.0 cm³/mol. The molecule has 2 N–H and O–H groups in total. The van der Waals surface area contributed by atoms with E-state index in [2.05, 4.69) is 25.6 Å². The van der Waals surface area contributed by atoms with Gasteiger partial charge >= 0.3 is 0 Å². The van der Waals surface area contributed by atoms with Crippen LogP contribution >= 0.6 is 0 Å². The summed E-state index contributed by atoms with van der Waals surface area (Å²) in [6.45, 7) is 1.06. The van der Waals surface area contributed by atoms with Gasteiger partial charge in [-0.1, -0.05) is 6.07 Å². The lowest BCUT2D eigenvalue weighted by molar-refractivity contribution is 0.145. The van der Waals surface area contributed by atoms with Crippen LogP contribution in [0.2, 0.25) is 0 Å². The average molecular weight is 362 g/mol. The van der Waals surface area contributed by atoms with Gasteiger partial charge in [0.15, 0.2) is 5.65 Å². The van der Waals surface area contributed by atoms with Gasteiger partial charge in [0.1, 0.15) is 17.7 Å². The molecule has 3 aromatic heterocycles. The molecule has 1 aliphatic rings. The molecular formula is C17H17F3N6. The van der Waals surface area contributed by atoms with Gasteiger partial charge < -0.3 is 10.6 Å². The number of nitrogens with one attached hydrogen (secondary N) is 2. The molecule has 0 bridgehead atoms. The molecule has 0 amide bonds. The molecule has 1 fully saturated rings. The van der Waals surface area contributed by atoms with Crippen molar-refractivity contribution in [2.45, 2.75) is 25.1 Å². The number of rotatable bonds is 4. The Balaban J connectivity index is 1.66. The van der Waals surface area contributed by atoms with Crippen molar-refractivity contribution < 1.29 is 13.2 Å². The van der Waals surface area contributed by atoms with Crippen LogP contribution < -0.4 is 10.6 Å². The molecule has 4 rings (SSSR count). The summed E-state index contributed by atoms with van der Waals surface area (Å²) >= 11 is 0. The van der Waals surface area contributed by atoms with Crippen molar-refractivity contribution in [1.82, 2.24) is 24.7 Å². The number of hydrogen-bond donors (Lipinski definition) is 2. The monoisotopic (exact) mass is 362 g/mol. The van der Waals surface area contributed by atoms with Gasteiger partial charge in [-0.25, -0.2) is 28.1 Å². The molecular weight excluding hydrogens is 345 g/mol. The summed E-state index contributed by atoms with van der Waals surface area (Å²) in [5, 5.41) is 6.13. The van der Waals surface area contributed by atoms with Crippen molar-refractivity contribution in [3.05, 3.63) is 42.5 Å². The molecule has 0 spiro atoms. The number of imidazole rings is 1. The third-order valence-electron chi connectivity index (χ3n) is 4.39. The Kier molecular flexibility index (Phi) is 4.46. The van der Waals surface area contributed by atoms with Gasteiger partial charge in [-0.3, -0.25) is 4.40 Å². The summed E-state index contributed by atoms with van der Waals surface area (Å²) in [4.78, 5) is 12.4. The summed E-state index contributed by atoms with van der Waals surface area (Å²) < 4.78 is 41.4.